The van der Waals surface area contributed by atoms with Gasteiger partial charge in [-0.2, -0.15) is 5.10 Å². The first kappa shape index (κ1) is 17.0. The second-order valence-electron chi connectivity index (χ2n) is 4.79. The van der Waals surface area contributed by atoms with Crippen molar-refractivity contribution in [3.63, 3.8) is 0 Å². The topological polar surface area (TPSA) is 70.9 Å². The second kappa shape index (κ2) is 8.33. The number of rotatable bonds is 7. The van der Waals surface area contributed by atoms with E-state index in [9.17, 15) is 4.79 Å². The molecule has 0 aromatic heterocycles. The molecule has 0 spiro atoms. The van der Waals surface area contributed by atoms with Gasteiger partial charge in [0.25, 0.3) is 0 Å². The zero-order chi connectivity index (χ0) is 16.7. The summed E-state index contributed by atoms with van der Waals surface area (Å²) in [4.78, 5) is 10.8. The molecule has 0 aliphatic carbocycles. The summed E-state index contributed by atoms with van der Waals surface area (Å²) in [6, 6.07) is 12.1. The number of hydrazone groups is 1. The van der Waals surface area contributed by atoms with Gasteiger partial charge in [0.05, 0.1) is 28.5 Å². The molecule has 0 saturated heterocycles. The molecule has 0 aliphatic heterocycles. The molecule has 0 heterocycles. The predicted molar refractivity (Wildman–Crippen MR) is 94.5 cm³/mol. The molecule has 2 rings (SSSR count). The van der Waals surface area contributed by atoms with Crippen LogP contribution in [0.25, 0.3) is 0 Å². The first-order valence-corrected chi connectivity index (χ1v) is 7.94. The Bertz CT molecular complexity index is 699. The van der Waals surface area contributed by atoms with Crippen LogP contribution in [0.3, 0.4) is 0 Å². The Morgan fingerprint density at radius 3 is 2.65 bits per heavy atom. The lowest BCUT2D eigenvalue weighted by Gasteiger charge is -2.07. The molecular weight excluding hydrogens is 360 g/mol. The summed E-state index contributed by atoms with van der Waals surface area (Å²) >= 11 is 3.47. The molecule has 0 aliphatic rings. The lowest BCUT2D eigenvalue weighted by atomic mass is 10.2. The van der Waals surface area contributed by atoms with E-state index in [0.717, 1.165) is 22.2 Å². The van der Waals surface area contributed by atoms with Crippen LogP contribution in [0, 0.1) is 0 Å². The summed E-state index contributed by atoms with van der Waals surface area (Å²) in [5.41, 5.74) is 4.73. The molecule has 0 fully saturated rings. The lowest BCUT2D eigenvalue weighted by Crippen LogP contribution is -1.97. The van der Waals surface area contributed by atoms with Crippen LogP contribution < -0.4 is 10.2 Å². The molecule has 2 aromatic carbocycles. The van der Waals surface area contributed by atoms with Crippen LogP contribution in [0.1, 0.15) is 29.3 Å². The molecule has 2 N–H and O–H groups in total. The number of nitrogens with one attached hydrogen (secondary N) is 1. The maximum atomic E-state index is 10.8. The number of carbonyl (C=O) groups is 1. The molecule has 0 atom stereocenters. The van der Waals surface area contributed by atoms with Crippen LogP contribution in [0.5, 0.6) is 5.75 Å². The summed E-state index contributed by atoms with van der Waals surface area (Å²) in [5.74, 6) is -0.142. The van der Waals surface area contributed by atoms with E-state index in [1.165, 1.54) is 12.1 Å². The molecule has 0 radical (unpaired) electrons. The monoisotopic (exact) mass is 376 g/mol. The number of carboxylic acid groups (broad SMARTS) is 1. The third kappa shape index (κ3) is 5.10. The van der Waals surface area contributed by atoms with Gasteiger partial charge in [0.2, 0.25) is 0 Å². The number of benzene rings is 2. The average molecular weight is 377 g/mol. The Hall–Kier alpha value is -2.34. The van der Waals surface area contributed by atoms with Crippen molar-refractivity contribution in [1.82, 2.24) is 0 Å². The maximum absolute atomic E-state index is 10.8. The number of hydrogen-bond acceptors (Lipinski definition) is 4. The normalized spacial score (nSPS) is 10.7. The Balaban J connectivity index is 1.97. The molecule has 6 heteroatoms. The van der Waals surface area contributed by atoms with Crippen LogP contribution in [0.4, 0.5) is 5.69 Å². The highest BCUT2D eigenvalue weighted by Gasteiger charge is 2.02. The van der Waals surface area contributed by atoms with Crippen molar-refractivity contribution < 1.29 is 14.6 Å². The first-order chi connectivity index (χ1) is 11.1. The van der Waals surface area contributed by atoms with Gasteiger partial charge in [0.15, 0.2) is 0 Å². The van der Waals surface area contributed by atoms with Crippen molar-refractivity contribution in [2.24, 2.45) is 5.10 Å². The van der Waals surface area contributed by atoms with Crippen molar-refractivity contribution in [3.05, 3.63) is 58.1 Å². The number of ether oxygens (including phenoxy) is 1. The minimum Gasteiger partial charge on any atom is -0.492 e. The number of halogens is 1. The van der Waals surface area contributed by atoms with Crippen LogP contribution in [0.15, 0.2) is 52.0 Å². The molecular formula is C17H17BrN2O3. The molecule has 0 amide bonds. The fourth-order valence-corrected chi connectivity index (χ4v) is 2.31. The quantitative estimate of drug-likeness (QED) is 0.555. The number of carboxylic acids is 1. The van der Waals surface area contributed by atoms with Gasteiger partial charge in [0.1, 0.15) is 5.75 Å². The molecule has 23 heavy (non-hydrogen) atoms. The molecule has 5 nitrogen and oxygen atoms in total. The summed E-state index contributed by atoms with van der Waals surface area (Å²) in [7, 11) is 0. The van der Waals surface area contributed by atoms with Crippen molar-refractivity contribution in [2.75, 3.05) is 12.0 Å². The summed E-state index contributed by atoms with van der Waals surface area (Å²) < 4.78 is 6.47. The van der Waals surface area contributed by atoms with Crippen LogP contribution in [-0.2, 0) is 0 Å². The van der Waals surface area contributed by atoms with Crippen molar-refractivity contribution in [3.8, 4) is 5.75 Å². The molecule has 120 valence electrons. The Labute approximate surface area is 143 Å². The Morgan fingerprint density at radius 1 is 1.30 bits per heavy atom. The van der Waals surface area contributed by atoms with E-state index in [-0.39, 0.29) is 5.56 Å². The highest BCUT2D eigenvalue weighted by Crippen LogP contribution is 2.25. The van der Waals surface area contributed by atoms with E-state index in [0.29, 0.717) is 12.3 Å². The van der Waals surface area contributed by atoms with Crippen molar-refractivity contribution >= 4 is 33.8 Å². The zero-order valence-electron chi connectivity index (χ0n) is 12.6. The third-order valence-corrected chi connectivity index (χ3v) is 3.58. The third-order valence-electron chi connectivity index (χ3n) is 2.96. The Morgan fingerprint density at radius 2 is 2.04 bits per heavy atom. The van der Waals surface area contributed by atoms with E-state index >= 15 is 0 Å². The molecule has 0 unspecified atom stereocenters. The van der Waals surface area contributed by atoms with Gasteiger partial charge in [-0.3, -0.25) is 5.43 Å². The van der Waals surface area contributed by atoms with E-state index in [4.69, 9.17) is 9.84 Å². The predicted octanol–water partition coefficient (Wildman–Crippen LogP) is 4.38. The summed E-state index contributed by atoms with van der Waals surface area (Å²) in [5, 5.41) is 13.0. The van der Waals surface area contributed by atoms with E-state index < -0.39 is 5.97 Å². The van der Waals surface area contributed by atoms with Gasteiger partial charge in [0, 0.05) is 0 Å². The van der Waals surface area contributed by atoms with Crippen molar-refractivity contribution in [2.45, 2.75) is 13.3 Å². The highest BCUT2D eigenvalue weighted by molar-refractivity contribution is 9.10. The number of nitrogens with zero attached hydrogens (tertiary/aromatic N) is 1. The standard InChI is InChI=1S/C17H17BrN2O3/c1-2-9-23-16-8-3-12(10-15(16)18)11-19-20-14-6-4-13(5-7-14)17(21)22/h3-8,10-11,20H,2,9H2,1H3,(H,21,22). The van der Waals surface area contributed by atoms with E-state index in [2.05, 4.69) is 33.4 Å². The maximum Gasteiger partial charge on any atom is 0.335 e. The van der Waals surface area contributed by atoms with Crippen LogP contribution in [0.2, 0.25) is 0 Å². The molecule has 2 aromatic rings. The van der Waals surface area contributed by atoms with Gasteiger partial charge in [-0.1, -0.05) is 6.92 Å². The zero-order valence-corrected chi connectivity index (χ0v) is 14.2. The summed E-state index contributed by atoms with van der Waals surface area (Å²) in [6.45, 7) is 2.74. The number of aromatic carboxylic acids is 1. The minimum absolute atomic E-state index is 0.242. The Kier molecular flexibility index (Phi) is 6.17. The van der Waals surface area contributed by atoms with Gasteiger partial charge >= 0.3 is 5.97 Å². The smallest absolute Gasteiger partial charge is 0.335 e. The SMILES string of the molecule is CCCOc1ccc(C=NNc2ccc(C(=O)O)cc2)cc1Br. The second-order valence-corrected chi connectivity index (χ2v) is 5.65. The molecule has 0 bridgehead atoms. The van der Waals surface area contributed by atoms with Gasteiger partial charge in [-0.05, 0) is 70.4 Å². The van der Waals surface area contributed by atoms with Crippen molar-refractivity contribution in [1.29, 1.82) is 0 Å². The fourth-order valence-electron chi connectivity index (χ4n) is 1.80. The first-order valence-electron chi connectivity index (χ1n) is 7.15. The van der Waals surface area contributed by atoms with Gasteiger partial charge < -0.3 is 9.84 Å². The average Bonchev–Trinajstić information content (AvgIpc) is 2.54. The number of anilines is 1. The molecule has 0 saturated carbocycles. The minimum atomic E-state index is -0.949. The highest BCUT2D eigenvalue weighted by atomic mass is 79.9. The van der Waals surface area contributed by atoms with Gasteiger partial charge in [-0.15, -0.1) is 0 Å². The number of hydrogen-bond donors (Lipinski definition) is 2. The fraction of sp³-hybridized carbons (Fsp3) is 0.176. The van der Waals surface area contributed by atoms with E-state index in [1.807, 2.05) is 18.2 Å². The van der Waals surface area contributed by atoms with Crippen LogP contribution in [-0.4, -0.2) is 23.9 Å². The van der Waals surface area contributed by atoms with Crippen LogP contribution >= 0.6 is 15.9 Å². The van der Waals surface area contributed by atoms with Gasteiger partial charge in [-0.25, -0.2) is 4.79 Å². The lowest BCUT2D eigenvalue weighted by molar-refractivity contribution is 0.0697. The van der Waals surface area contributed by atoms with E-state index in [1.54, 1.807) is 18.3 Å². The largest absolute Gasteiger partial charge is 0.492 e. The summed E-state index contributed by atoms with van der Waals surface area (Å²) in [6.07, 6.45) is 2.64.